The molecule has 5 heteroatoms. The lowest BCUT2D eigenvalue weighted by atomic mass is 10.1. The second-order valence-corrected chi connectivity index (χ2v) is 5.30. The number of para-hydroxylation sites is 1. The van der Waals surface area contributed by atoms with Gasteiger partial charge in [-0.2, -0.15) is 0 Å². The van der Waals surface area contributed by atoms with E-state index in [1.165, 1.54) is 25.0 Å². The number of nitrogens with two attached hydrogens (primary N) is 1. The molecule has 19 heavy (non-hydrogen) atoms. The topological polar surface area (TPSA) is 58.4 Å². The van der Waals surface area contributed by atoms with E-state index in [2.05, 4.69) is 5.43 Å². The van der Waals surface area contributed by atoms with Gasteiger partial charge in [-0.25, -0.2) is 4.39 Å². The van der Waals surface area contributed by atoms with E-state index >= 15 is 0 Å². The van der Waals surface area contributed by atoms with Crippen molar-refractivity contribution >= 4 is 11.6 Å². The molecule has 3 N–H and O–H groups in total. The van der Waals surface area contributed by atoms with Crippen LogP contribution < -0.4 is 11.3 Å². The minimum absolute atomic E-state index is 0.0638. The van der Waals surface area contributed by atoms with Crippen LogP contribution in [0.1, 0.15) is 37.0 Å². The Balaban J connectivity index is 2.27. The van der Waals surface area contributed by atoms with Crippen molar-refractivity contribution in [1.29, 1.82) is 0 Å². The van der Waals surface area contributed by atoms with E-state index in [1.807, 2.05) is 13.8 Å². The summed E-state index contributed by atoms with van der Waals surface area (Å²) in [5.74, 6) is 5.23. The molecule has 0 atom stereocenters. The third kappa shape index (κ3) is 3.04. The van der Waals surface area contributed by atoms with E-state index in [0.717, 1.165) is 6.54 Å². The van der Waals surface area contributed by atoms with Gasteiger partial charge in [-0.05, 0) is 44.7 Å². The molecular weight excluding hydrogens is 245 g/mol. The van der Waals surface area contributed by atoms with Crippen molar-refractivity contribution in [1.82, 2.24) is 4.90 Å². The summed E-state index contributed by atoms with van der Waals surface area (Å²) in [6.45, 7) is 4.67. The smallest absolute Gasteiger partial charge is 0.256 e. The summed E-state index contributed by atoms with van der Waals surface area (Å²) in [6, 6.07) is 4.50. The number of hydrogen-bond acceptors (Lipinski definition) is 3. The molecule has 0 spiro atoms. The normalized spacial score (nSPS) is 14.6. The fourth-order valence-corrected chi connectivity index (χ4v) is 2.11. The van der Waals surface area contributed by atoms with Crippen LogP contribution in [0.25, 0.3) is 0 Å². The lowest BCUT2D eigenvalue weighted by molar-refractivity contribution is 0.0696. The molecule has 0 aromatic heterocycles. The number of rotatable bonds is 5. The third-order valence-corrected chi connectivity index (χ3v) is 3.42. The van der Waals surface area contributed by atoms with Crippen LogP contribution in [-0.4, -0.2) is 23.4 Å². The second-order valence-electron chi connectivity index (χ2n) is 5.30. The third-order valence-electron chi connectivity index (χ3n) is 3.42. The number of anilines is 1. The minimum Gasteiger partial charge on any atom is -0.336 e. The van der Waals surface area contributed by atoms with E-state index in [-0.39, 0.29) is 23.2 Å². The summed E-state index contributed by atoms with van der Waals surface area (Å²) in [4.78, 5) is 14.3. The largest absolute Gasteiger partial charge is 0.336 e. The molecule has 0 saturated heterocycles. The van der Waals surface area contributed by atoms with E-state index in [9.17, 15) is 9.18 Å². The molecule has 104 valence electrons. The Morgan fingerprint density at radius 2 is 2.21 bits per heavy atom. The summed E-state index contributed by atoms with van der Waals surface area (Å²) in [7, 11) is 0. The van der Waals surface area contributed by atoms with Crippen LogP contribution in [-0.2, 0) is 0 Å². The minimum atomic E-state index is -0.511. The summed E-state index contributed by atoms with van der Waals surface area (Å²) in [5, 5.41) is 0. The maximum atomic E-state index is 13.6. The van der Waals surface area contributed by atoms with Gasteiger partial charge in [0.2, 0.25) is 0 Å². The predicted molar refractivity (Wildman–Crippen MR) is 73.1 cm³/mol. The molecular formula is C14H20FN3O. The number of halogens is 1. The molecule has 1 saturated carbocycles. The van der Waals surface area contributed by atoms with Crippen LogP contribution in [0.15, 0.2) is 18.2 Å². The van der Waals surface area contributed by atoms with Crippen molar-refractivity contribution in [3.05, 3.63) is 29.6 Å². The molecule has 1 aromatic carbocycles. The second kappa shape index (κ2) is 5.57. The lowest BCUT2D eigenvalue weighted by Crippen LogP contribution is -2.39. The molecule has 0 heterocycles. The van der Waals surface area contributed by atoms with E-state index in [4.69, 9.17) is 5.84 Å². The highest BCUT2D eigenvalue weighted by atomic mass is 19.1. The number of hydrogen-bond donors (Lipinski definition) is 2. The number of nitrogens with one attached hydrogen (secondary N) is 1. The van der Waals surface area contributed by atoms with Crippen LogP contribution in [0, 0.1) is 11.7 Å². The van der Waals surface area contributed by atoms with Gasteiger partial charge in [-0.1, -0.05) is 6.07 Å². The first-order chi connectivity index (χ1) is 9.04. The molecule has 0 radical (unpaired) electrons. The van der Waals surface area contributed by atoms with Gasteiger partial charge in [0.25, 0.3) is 5.91 Å². The SMILES string of the molecule is CC(C)N(CC1CC1)C(=O)c1cccc(F)c1NN. The molecule has 1 amide bonds. The maximum Gasteiger partial charge on any atom is 0.256 e. The van der Waals surface area contributed by atoms with Crippen molar-refractivity contribution in [2.45, 2.75) is 32.7 Å². The van der Waals surface area contributed by atoms with E-state index < -0.39 is 5.82 Å². The quantitative estimate of drug-likeness (QED) is 0.635. The van der Waals surface area contributed by atoms with Gasteiger partial charge >= 0.3 is 0 Å². The predicted octanol–water partition coefficient (Wildman–Crippen LogP) is 2.37. The molecule has 0 bridgehead atoms. The van der Waals surface area contributed by atoms with Crippen LogP contribution in [0.3, 0.4) is 0 Å². The molecule has 1 aliphatic carbocycles. The van der Waals surface area contributed by atoms with Gasteiger partial charge in [0, 0.05) is 12.6 Å². The zero-order valence-corrected chi connectivity index (χ0v) is 11.3. The van der Waals surface area contributed by atoms with Gasteiger partial charge in [-0.3, -0.25) is 10.6 Å². The molecule has 0 unspecified atom stereocenters. The standard InChI is InChI=1S/C14H20FN3O/c1-9(2)18(8-10-6-7-10)14(19)11-4-3-5-12(15)13(11)17-16/h3-5,9-10,17H,6-8,16H2,1-2H3. The maximum absolute atomic E-state index is 13.6. The van der Waals surface area contributed by atoms with E-state index in [1.54, 1.807) is 11.0 Å². The number of benzene rings is 1. The number of nitrogens with zero attached hydrogens (tertiary/aromatic N) is 1. The van der Waals surface area contributed by atoms with Gasteiger partial charge in [-0.15, -0.1) is 0 Å². The highest BCUT2D eigenvalue weighted by Crippen LogP contribution is 2.31. The Bertz CT molecular complexity index is 472. The highest BCUT2D eigenvalue weighted by molar-refractivity contribution is 5.99. The average molecular weight is 265 g/mol. The molecule has 1 aliphatic rings. The van der Waals surface area contributed by atoms with Crippen LogP contribution in [0.2, 0.25) is 0 Å². The Kier molecular flexibility index (Phi) is 4.04. The lowest BCUT2D eigenvalue weighted by Gasteiger charge is -2.27. The number of hydrazine groups is 1. The Morgan fingerprint density at radius 3 is 2.74 bits per heavy atom. The number of amides is 1. The number of carbonyl (C=O) groups excluding carboxylic acids is 1. The zero-order valence-electron chi connectivity index (χ0n) is 11.3. The van der Waals surface area contributed by atoms with Crippen molar-refractivity contribution in [2.75, 3.05) is 12.0 Å². The number of nitrogen functional groups attached to an aromatic ring is 1. The zero-order chi connectivity index (χ0) is 14.0. The number of carbonyl (C=O) groups is 1. The summed E-state index contributed by atoms with van der Waals surface area (Å²) >= 11 is 0. The molecule has 4 nitrogen and oxygen atoms in total. The van der Waals surface area contributed by atoms with Crippen molar-refractivity contribution in [3.63, 3.8) is 0 Å². The monoisotopic (exact) mass is 265 g/mol. The Labute approximate surface area is 112 Å². The average Bonchev–Trinajstić information content (AvgIpc) is 3.18. The van der Waals surface area contributed by atoms with Gasteiger partial charge in [0.05, 0.1) is 11.3 Å². The van der Waals surface area contributed by atoms with E-state index in [0.29, 0.717) is 5.92 Å². The molecule has 2 rings (SSSR count). The van der Waals surface area contributed by atoms with Crippen molar-refractivity contribution in [3.8, 4) is 0 Å². The highest BCUT2D eigenvalue weighted by Gasteiger charge is 2.29. The van der Waals surface area contributed by atoms with Crippen LogP contribution in [0.4, 0.5) is 10.1 Å². The fraction of sp³-hybridized carbons (Fsp3) is 0.500. The molecule has 0 aliphatic heterocycles. The first-order valence-corrected chi connectivity index (χ1v) is 6.60. The van der Waals surface area contributed by atoms with Crippen molar-refractivity contribution < 1.29 is 9.18 Å². The summed E-state index contributed by atoms with van der Waals surface area (Å²) in [6.07, 6.45) is 2.34. The van der Waals surface area contributed by atoms with Crippen molar-refractivity contribution in [2.24, 2.45) is 11.8 Å². The Hall–Kier alpha value is -1.62. The summed E-state index contributed by atoms with van der Waals surface area (Å²) in [5.41, 5.74) is 2.64. The van der Waals surface area contributed by atoms with Crippen LogP contribution >= 0.6 is 0 Å². The first-order valence-electron chi connectivity index (χ1n) is 6.60. The Morgan fingerprint density at radius 1 is 1.53 bits per heavy atom. The van der Waals surface area contributed by atoms with Gasteiger partial charge in [0.15, 0.2) is 0 Å². The van der Waals surface area contributed by atoms with Crippen LogP contribution in [0.5, 0.6) is 0 Å². The molecule has 1 fully saturated rings. The van der Waals surface area contributed by atoms with Gasteiger partial charge < -0.3 is 10.3 Å². The van der Waals surface area contributed by atoms with Gasteiger partial charge in [0.1, 0.15) is 5.82 Å². The first kappa shape index (κ1) is 13.8. The summed E-state index contributed by atoms with van der Waals surface area (Å²) < 4.78 is 13.6. The molecule has 1 aromatic rings. The fourth-order valence-electron chi connectivity index (χ4n) is 2.11.